The Morgan fingerprint density at radius 3 is 2.95 bits per heavy atom. The molecule has 7 heteroatoms. The SMILES string of the molecule is CCCNCCc1nnc(-c2cccc([N+](=O)[O-])c2)o1. The fraction of sp³-hybridized carbons (Fsp3) is 0.385. The third-order valence-corrected chi connectivity index (χ3v) is 2.71. The smallest absolute Gasteiger partial charge is 0.270 e. The summed E-state index contributed by atoms with van der Waals surface area (Å²) >= 11 is 0. The molecule has 0 saturated carbocycles. The van der Waals surface area contributed by atoms with Crippen LogP contribution in [0.5, 0.6) is 0 Å². The molecule has 1 aromatic heterocycles. The molecule has 0 spiro atoms. The summed E-state index contributed by atoms with van der Waals surface area (Å²) in [6, 6.07) is 6.15. The van der Waals surface area contributed by atoms with Crippen LogP contribution in [0.1, 0.15) is 19.2 Å². The van der Waals surface area contributed by atoms with Crippen molar-refractivity contribution < 1.29 is 9.34 Å². The van der Waals surface area contributed by atoms with Gasteiger partial charge in [-0.25, -0.2) is 0 Å². The van der Waals surface area contributed by atoms with E-state index in [4.69, 9.17) is 4.42 Å². The third-order valence-electron chi connectivity index (χ3n) is 2.71. The van der Waals surface area contributed by atoms with Crippen LogP contribution in [0.2, 0.25) is 0 Å². The lowest BCUT2D eigenvalue weighted by Gasteiger charge is -1.98. The Labute approximate surface area is 116 Å². The highest BCUT2D eigenvalue weighted by Crippen LogP contribution is 2.22. The first-order valence-corrected chi connectivity index (χ1v) is 6.48. The molecule has 1 N–H and O–H groups in total. The Hall–Kier alpha value is -2.28. The first-order chi connectivity index (χ1) is 9.70. The van der Waals surface area contributed by atoms with Gasteiger partial charge in [-0.05, 0) is 19.0 Å². The molecule has 0 amide bonds. The monoisotopic (exact) mass is 276 g/mol. The molecule has 0 atom stereocenters. The van der Waals surface area contributed by atoms with Gasteiger partial charge in [-0.15, -0.1) is 10.2 Å². The number of non-ortho nitro benzene ring substituents is 1. The van der Waals surface area contributed by atoms with Crippen LogP contribution in [0.3, 0.4) is 0 Å². The van der Waals surface area contributed by atoms with Crippen molar-refractivity contribution in [2.45, 2.75) is 19.8 Å². The van der Waals surface area contributed by atoms with E-state index in [9.17, 15) is 10.1 Å². The van der Waals surface area contributed by atoms with Crippen molar-refractivity contribution in [2.24, 2.45) is 0 Å². The normalized spacial score (nSPS) is 10.7. The van der Waals surface area contributed by atoms with E-state index < -0.39 is 4.92 Å². The van der Waals surface area contributed by atoms with Crippen molar-refractivity contribution in [2.75, 3.05) is 13.1 Å². The van der Waals surface area contributed by atoms with E-state index >= 15 is 0 Å². The van der Waals surface area contributed by atoms with Gasteiger partial charge in [0.15, 0.2) is 0 Å². The second-order valence-electron chi connectivity index (χ2n) is 4.31. The average molecular weight is 276 g/mol. The lowest BCUT2D eigenvalue weighted by molar-refractivity contribution is -0.384. The van der Waals surface area contributed by atoms with Gasteiger partial charge in [0.1, 0.15) is 0 Å². The van der Waals surface area contributed by atoms with E-state index in [2.05, 4.69) is 22.4 Å². The number of nitrogens with zero attached hydrogens (tertiary/aromatic N) is 3. The van der Waals surface area contributed by atoms with E-state index in [0.29, 0.717) is 23.8 Å². The predicted molar refractivity (Wildman–Crippen MR) is 73.3 cm³/mol. The molecule has 0 aliphatic heterocycles. The zero-order valence-corrected chi connectivity index (χ0v) is 11.2. The van der Waals surface area contributed by atoms with Gasteiger partial charge < -0.3 is 9.73 Å². The molecule has 0 radical (unpaired) electrons. The van der Waals surface area contributed by atoms with Crippen LogP contribution in [0, 0.1) is 10.1 Å². The summed E-state index contributed by atoms with van der Waals surface area (Å²) < 4.78 is 5.50. The van der Waals surface area contributed by atoms with E-state index in [1.165, 1.54) is 12.1 Å². The highest BCUT2D eigenvalue weighted by atomic mass is 16.6. The summed E-state index contributed by atoms with van der Waals surface area (Å²) in [4.78, 5) is 10.3. The van der Waals surface area contributed by atoms with Crippen LogP contribution in [0.4, 0.5) is 5.69 Å². The van der Waals surface area contributed by atoms with Gasteiger partial charge in [-0.1, -0.05) is 13.0 Å². The molecule has 106 valence electrons. The lowest BCUT2D eigenvalue weighted by atomic mass is 10.2. The summed E-state index contributed by atoms with van der Waals surface area (Å²) in [6.07, 6.45) is 1.71. The number of aromatic nitrogens is 2. The average Bonchev–Trinajstić information content (AvgIpc) is 2.92. The summed E-state index contributed by atoms with van der Waals surface area (Å²) in [5.74, 6) is 0.828. The van der Waals surface area contributed by atoms with Crippen molar-refractivity contribution in [3.63, 3.8) is 0 Å². The zero-order valence-electron chi connectivity index (χ0n) is 11.2. The Bertz CT molecular complexity index is 583. The van der Waals surface area contributed by atoms with Crippen LogP contribution in [-0.2, 0) is 6.42 Å². The van der Waals surface area contributed by atoms with Crippen molar-refractivity contribution in [1.82, 2.24) is 15.5 Å². The second-order valence-corrected chi connectivity index (χ2v) is 4.31. The molecule has 2 aromatic rings. The van der Waals surface area contributed by atoms with Crippen LogP contribution in [0.15, 0.2) is 28.7 Å². The van der Waals surface area contributed by atoms with Gasteiger partial charge in [0, 0.05) is 30.7 Å². The lowest BCUT2D eigenvalue weighted by Crippen LogP contribution is -2.17. The first-order valence-electron chi connectivity index (χ1n) is 6.48. The number of nitrogens with one attached hydrogen (secondary N) is 1. The van der Waals surface area contributed by atoms with Gasteiger partial charge in [0.05, 0.1) is 4.92 Å². The summed E-state index contributed by atoms with van der Waals surface area (Å²) in [5.41, 5.74) is 0.561. The topological polar surface area (TPSA) is 94.1 Å². The second kappa shape index (κ2) is 6.76. The standard InChI is InChI=1S/C13H16N4O3/c1-2-7-14-8-6-12-15-16-13(20-12)10-4-3-5-11(9-10)17(18)19/h3-5,9,14H,2,6-8H2,1H3. The van der Waals surface area contributed by atoms with Crippen LogP contribution in [0.25, 0.3) is 11.5 Å². The van der Waals surface area contributed by atoms with Crippen molar-refractivity contribution in [3.8, 4) is 11.5 Å². The molecule has 0 fully saturated rings. The maximum atomic E-state index is 10.7. The molecule has 1 heterocycles. The summed E-state index contributed by atoms with van der Waals surface area (Å²) in [6.45, 7) is 3.82. The molecule has 0 aliphatic carbocycles. The summed E-state index contributed by atoms with van der Waals surface area (Å²) in [5, 5.41) is 21.8. The van der Waals surface area contributed by atoms with E-state index in [0.717, 1.165) is 19.5 Å². The van der Waals surface area contributed by atoms with Crippen LogP contribution in [-0.4, -0.2) is 28.2 Å². The van der Waals surface area contributed by atoms with Gasteiger partial charge in [0.2, 0.25) is 11.8 Å². The fourth-order valence-electron chi connectivity index (χ4n) is 1.72. The van der Waals surface area contributed by atoms with Crippen molar-refractivity contribution in [1.29, 1.82) is 0 Å². The maximum Gasteiger partial charge on any atom is 0.270 e. The highest BCUT2D eigenvalue weighted by Gasteiger charge is 2.12. The molecule has 2 rings (SSSR count). The molecule has 20 heavy (non-hydrogen) atoms. The number of hydrogen-bond acceptors (Lipinski definition) is 6. The molecular weight excluding hydrogens is 260 g/mol. The number of hydrogen-bond donors (Lipinski definition) is 1. The van der Waals surface area contributed by atoms with E-state index in [-0.39, 0.29) is 5.69 Å². The van der Waals surface area contributed by atoms with Gasteiger partial charge in [-0.3, -0.25) is 10.1 Å². The number of nitro groups is 1. The predicted octanol–water partition coefficient (Wildman–Crippen LogP) is 2.19. The number of benzene rings is 1. The Kier molecular flexibility index (Phi) is 4.78. The molecule has 0 unspecified atom stereocenters. The maximum absolute atomic E-state index is 10.7. The van der Waals surface area contributed by atoms with Gasteiger partial charge >= 0.3 is 0 Å². The molecule has 0 bridgehead atoms. The Morgan fingerprint density at radius 2 is 2.20 bits per heavy atom. The number of nitro benzene ring substituents is 1. The zero-order chi connectivity index (χ0) is 14.4. The Balaban J connectivity index is 2.04. The van der Waals surface area contributed by atoms with Crippen LogP contribution < -0.4 is 5.32 Å². The minimum atomic E-state index is -0.449. The molecule has 7 nitrogen and oxygen atoms in total. The highest BCUT2D eigenvalue weighted by molar-refractivity contribution is 5.57. The van der Waals surface area contributed by atoms with Gasteiger partial charge in [0.25, 0.3) is 5.69 Å². The number of rotatable bonds is 7. The van der Waals surface area contributed by atoms with Gasteiger partial charge in [-0.2, -0.15) is 0 Å². The van der Waals surface area contributed by atoms with E-state index in [1.807, 2.05) is 0 Å². The minimum absolute atomic E-state index is 0.00635. The van der Waals surface area contributed by atoms with Crippen molar-refractivity contribution >= 4 is 5.69 Å². The minimum Gasteiger partial charge on any atom is -0.421 e. The largest absolute Gasteiger partial charge is 0.421 e. The van der Waals surface area contributed by atoms with E-state index in [1.54, 1.807) is 12.1 Å². The van der Waals surface area contributed by atoms with Crippen LogP contribution >= 0.6 is 0 Å². The molecule has 1 aromatic carbocycles. The fourth-order valence-corrected chi connectivity index (χ4v) is 1.72. The summed E-state index contributed by atoms with van der Waals surface area (Å²) in [7, 11) is 0. The molecule has 0 saturated heterocycles. The molecule has 0 aliphatic rings. The third kappa shape index (κ3) is 3.61. The molecular formula is C13H16N4O3. The Morgan fingerprint density at radius 1 is 1.35 bits per heavy atom. The quantitative estimate of drug-likeness (QED) is 0.473. The van der Waals surface area contributed by atoms with Crippen molar-refractivity contribution in [3.05, 3.63) is 40.3 Å². The first kappa shape index (κ1) is 14.1.